The molecule has 0 spiro atoms. The van der Waals surface area contributed by atoms with Crippen LogP contribution in [0, 0.1) is 5.92 Å². The molecule has 18 heavy (non-hydrogen) atoms. The summed E-state index contributed by atoms with van der Waals surface area (Å²) in [7, 11) is 0. The summed E-state index contributed by atoms with van der Waals surface area (Å²) in [4.78, 5) is 22.5. The second kappa shape index (κ2) is 6.04. The van der Waals surface area contributed by atoms with Crippen LogP contribution < -0.4 is 10.6 Å². The summed E-state index contributed by atoms with van der Waals surface area (Å²) in [5.41, 5.74) is 0.530. The molecule has 0 radical (unpaired) electrons. The lowest BCUT2D eigenvalue weighted by atomic mass is 10.1. The quantitative estimate of drug-likeness (QED) is 0.734. The van der Waals surface area contributed by atoms with Gasteiger partial charge in [-0.1, -0.05) is 13.8 Å². The van der Waals surface area contributed by atoms with Crippen LogP contribution in [0.15, 0.2) is 12.4 Å². The number of aliphatic carboxylic acids is 1. The van der Waals surface area contributed by atoms with Crippen molar-refractivity contribution in [1.29, 1.82) is 0 Å². The molecule has 0 aliphatic rings. The number of nitrogens with zero attached hydrogens (tertiary/aromatic N) is 2. The molecule has 3 N–H and O–H groups in total. The van der Waals surface area contributed by atoms with Crippen molar-refractivity contribution < 1.29 is 14.7 Å². The van der Waals surface area contributed by atoms with E-state index in [0.29, 0.717) is 12.2 Å². The van der Waals surface area contributed by atoms with Crippen molar-refractivity contribution in [1.82, 2.24) is 15.1 Å². The van der Waals surface area contributed by atoms with Crippen LogP contribution >= 0.6 is 0 Å². The first-order valence-electron chi connectivity index (χ1n) is 5.76. The maximum Gasteiger partial charge on any atom is 0.326 e. The van der Waals surface area contributed by atoms with E-state index in [9.17, 15) is 9.59 Å². The number of hydrogen-bond donors (Lipinski definition) is 3. The van der Waals surface area contributed by atoms with Gasteiger partial charge >= 0.3 is 12.0 Å². The Hall–Kier alpha value is -2.05. The highest BCUT2D eigenvalue weighted by Gasteiger charge is 2.23. The summed E-state index contributed by atoms with van der Waals surface area (Å²) in [6.45, 7) is 6.09. The third-order valence-corrected chi connectivity index (χ3v) is 2.43. The Kier molecular flexibility index (Phi) is 4.70. The Morgan fingerprint density at radius 3 is 2.61 bits per heavy atom. The van der Waals surface area contributed by atoms with Gasteiger partial charge < -0.3 is 15.7 Å². The van der Waals surface area contributed by atoms with Gasteiger partial charge in [-0.25, -0.2) is 9.59 Å². The second-order valence-electron chi connectivity index (χ2n) is 4.24. The summed E-state index contributed by atoms with van der Waals surface area (Å²) in [5.74, 6) is -1.24. The number of carboxylic acid groups (broad SMARTS) is 1. The van der Waals surface area contributed by atoms with E-state index >= 15 is 0 Å². The van der Waals surface area contributed by atoms with Gasteiger partial charge in [-0.15, -0.1) is 0 Å². The highest BCUT2D eigenvalue weighted by Crippen LogP contribution is 2.06. The maximum atomic E-state index is 11.6. The number of aryl methyl sites for hydroxylation is 1. The van der Waals surface area contributed by atoms with E-state index in [-0.39, 0.29) is 5.92 Å². The van der Waals surface area contributed by atoms with Gasteiger partial charge in [0.25, 0.3) is 0 Å². The molecule has 0 fully saturated rings. The summed E-state index contributed by atoms with van der Waals surface area (Å²) in [6, 6.07) is -1.46. The van der Waals surface area contributed by atoms with Gasteiger partial charge in [-0.2, -0.15) is 5.10 Å². The number of carboxylic acids is 1. The van der Waals surface area contributed by atoms with Gasteiger partial charge in [-0.3, -0.25) is 4.68 Å². The number of rotatable bonds is 5. The molecule has 1 atom stereocenters. The average Bonchev–Trinajstić information content (AvgIpc) is 2.72. The van der Waals surface area contributed by atoms with Gasteiger partial charge in [0.2, 0.25) is 0 Å². The molecular formula is C11H18N4O3. The van der Waals surface area contributed by atoms with Crippen molar-refractivity contribution in [2.45, 2.75) is 33.4 Å². The van der Waals surface area contributed by atoms with Crippen LogP contribution in [-0.2, 0) is 11.3 Å². The minimum atomic E-state index is -1.05. The summed E-state index contributed by atoms with van der Waals surface area (Å²) in [6.07, 6.45) is 3.18. The average molecular weight is 254 g/mol. The van der Waals surface area contributed by atoms with E-state index in [0.717, 1.165) is 0 Å². The fourth-order valence-electron chi connectivity index (χ4n) is 1.42. The molecule has 7 heteroatoms. The van der Waals surface area contributed by atoms with E-state index in [1.165, 1.54) is 6.20 Å². The van der Waals surface area contributed by atoms with E-state index in [2.05, 4.69) is 15.7 Å². The lowest BCUT2D eigenvalue weighted by Gasteiger charge is -2.17. The van der Waals surface area contributed by atoms with Crippen LogP contribution in [0.4, 0.5) is 10.5 Å². The predicted molar refractivity (Wildman–Crippen MR) is 66.3 cm³/mol. The summed E-state index contributed by atoms with van der Waals surface area (Å²) < 4.78 is 1.66. The third-order valence-electron chi connectivity index (χ3n) is 2.43. The largest absolute Gasteiger partial charge is 0.480 e. The van der Waals surface area contributed by atoms with Gasteiger partial charge in [0.1, 0.15) is 6.04 Å². The zero-order valence-electron chi connectivity index (χ0n) is 10.7. The molecule has 2 amide bonds. The fourth-order valence-corrected chi connectivity index (χ4v) is 1.42. The fraction of sp³-hybridized carbons (Fsp3) is 0.545. The topological polar surface area (TPSA) is 96.2 Å². The lowest BCUT2D eigenvalue weighted by Crippen LogP contribution is -2.46. The highest BCUT2D eigenvalue weighted by molar-refractivity contribution is 5.92. The Morgan fingerprint density at radius 1 is 1.50 bits per heavy atom. The van der Waals surface area contributed by atoms with Crippen molar-refractivity contribution >= 4 is 17.7 Å². The van der Waals surface area contributed by atoms with Crippen LogP contribution in [0.5, 0.6) is 0 Å². The van der Waals surface area contributed by atoms with E-state index < -0.39 is 18.0 Å². The standard InChI is InChI=1S/C11H18N4O3/c1-4-15-6-8(5-12-15)13-11(18)14-9(7(2)3)10(16)17/h5-7,9H,4H2,1-3H3,(H,16,17)(H2,13,14,18)/t9-/m0/s1. The van der Waals surface area contributed by atoms with E-state index in [4.69, 9.17) is 5.11 Å². The number of nitrogens with one attached hydrogen (secondary N) is 2. The minimum Gasteiger partial charge on any atom is -0.480 e. The minimum absolute atomic E-state index is 0.188. The first-order valence-corrected chi connectivity index (χ1v) is 5.76. The monoisotopic (exact) mass is 254 g/mol. The van der Waals surface area contributed by atoms with Crippen molar-refractivity contribution in [3.63, 3.8) is 0 Å². The normalized spacial score (nSPS) is 12.2. The second-order valence-corrected chi connectivity index (χ2v) is 4.24. The highest BCUT2D eigenvalue weighted by atomic mass is 16.4. The molecule has 7 nitrogen and oxygen atoms in total. The van der Waals surface area contributed by atoms with Crippen molar-refractivity contribution in [2.75, 3.05) is 5.32 Å². The first-order chi connectivity index (χ1) is 8.43. The molecule has 1 aromatic rings. The molecular weight excluding hydrogens is 236 g/mol. The molecule has 100 valence electrons. The van der Waals surface area contributed by atoms with Crippen LogP contribution in [-0.4, -0.2) is 32.9 Å². The van der Waals surface area contributed by atoms with Crippen molar-refractivity contribution in [2.24, 2.45) is 5.92 Å². The first kappa shape index (κ1) is 14.0. The summed E-state index contributed by atoms with van der Waals surface area (Å²) >= 11 is 0. The zero-order chi connectivity index (χ0) is 13.7. The smallest absolute Gasteiger partial charge is 0.326 e. The van der Waals surface area contributed by atoms with Crippen LogP contribution in [0.25, 0.3) is 0 Å². The molecule has 0 saturated heterocycles. The Balaban J connectivity index is 2.57. The van der Waals surface area contributed by atoms with Crippen LogP contribution in [0.3, 0.4) is 0 Å². The molecule has 0 unspecified atom stereocenters. The number of carbonyl (C=O) groups excluding carboxylic acids is 1. The molecule has 0 aromatic carbocycles. The third kappa shape index (κ3) is 3.76. The summed E-state index contributed by atoms with van der Waals surface area (Å²) in [5, 5.41) is 17.9. The van der Waals surface area contributed by atoms with Gasteiger partial charge in [0, 0.05) is 12.7 Å². The molecule has 1 heterocycles. The van der Waals surface area contributed by atoms with Gasteiger partial charge in [-0.05, 0) is 12.8 Å². The Bertz CT molecular complexity index is 428. The Labute approximate surface area is 105 Å². The van der Waals surface area contributed by atoms with E-state index in [1.54, 1.807) is 24.7 Å². The number of urea groups is 1. The lowest BCUT2D eigenvalue weighted by molar-refractivity contribution is -0.140. The predicted octanol–water partition coefficient (Wildman–Crippen LogP) is 1.13. The molecule has 0 saturated carbocycles. The molecule has 0 bridgehead atoms. The maximum absolute atomic E-state index is 11.6. The van der Waals surface area contributed by atoms with Crippen LogP contribution in [0.2, 0.25) is 0 Å². The molecule has 0 aliphatic carbocycles. The van der Waals surface area contributed by atoms with Gasteiger partial charge in [0.05, 0.1) is 11.9 Å². The molecule has 1 rings (SSSR count). The zero-order valence-corrected chi connectivity index (χ0v) is 10.7. The number of anilines is 1. The SMILES string of the molecule is CCn1cc(NC(=O)N[C@H](C(=O)O)C(C)C)cn1. The Morgan fingerprint density at radius 2 is 2.17 bits per heavy atom. The van der Waals surface area contributed by atoms with Crippen LogP contribution in [0.1, 0.15) is 20.8 Å². The van der Waals surface area contributed by atoms with E-state index in [1.807, 2.05) is 6.92 Å². The molecule has 1 aromatic heterocycles. The van der Waals surface area contributed by atoms with Gasteiger partial charge in [0.15, 0.2) is 0 Å². The number of carbonyl (C=O) groups is 2. The van der Waals surface area contributed by atoms with Crippen molar-refractivity contribution in [3.05, 3.63) is 12.4 Å². The number of amides is 2. The number of hydrogen-bond acceptors (Lipinski definition) is 3. The number of aromatic nitrogens is 2. The molecule has 0 aliphatic heterocycles. The van der Waals surface area contributed by atoms with Crippen molar-refractivity contribution in [3.8, 4) is 0 Å².